The summed E-state index contributed by atoms with van der Waals surface area (Å²) in [7, 11) is 5.50. The highest BCUT2D eigenvalue weighted by Gasteiger charge is 2.31. The van der Waals surface area contributed by atoms with Gasteiger partial charge in [0.15, 0.2) is 12.1 Å². The topological polar surface area (TPSA) is 99.1 Å². The van der Waals surface area contributed by atoms with Crippen LogP contribution in [0.1, 0.15) is 155 Å². The fourth-order valence-electron chi connectivity index (χ4n) is 5.32. The number of quaternary nitrogens is 1. The molecule has 0 fully saturated rings. The Bertz CT molecular complexity index is 834. The van der Waals surface area contributed by atoms with Gasteiger partial charge in [0.1, 0.15) is 6.61 Å². The van der Waals surface area contributed by atoms with Crippen LogP contribution >= 0.6 is 0 Å². The molecule has 1 N–H and O–H groups in total. The number of hydrogen-bond donors (Lipinski definition) is 1. The third kappa shape index (κ3) is 29.7. The van der Waals surface area contributed by atoms with Crippen molar-refractivity contribution in [1.82, 2.24) is 0 Å². The Hall–Kier alpha value is -2.19. The summed E-state index contributed by atoms with van der Waals surface area (Å²) in [5.41, 5.74) is 0. The molecule has 0 spiro atoms. The number of carbonyl (C=O) groups is 3. The Kier molecular flexibility index (Phi) is 29.7. The predicted octanol–water partition coefficient (Wildman–Crippen LogP) is 9.35. The van der Waals surface area contributed by atoms with E-state index in [0.29, 0.717) is 19.3 Å². The molecule has 0 aromatic carbocycles. The van der Waals surface area contributed by atoms with E-state index in [0.717, 1.165) is 44.9 Å². The van der Waals surface area contributed by atoms with Gasteiger partial charge in [-0.15, -0.1) is 0 Å². The zero-order valence-electron chi connectivity index (χ0n) is 31.0. The molecule has 2 unspecified atom stereocenters. The molecule has 0 rings (SSSR count). The molecule has 0 saturated carbocycles. The average Bonchev–Trinajstić information content (AvgIpc) is 3.01. The van der Waals surface area contributed by atoms with E-state index in [2.05, 4.69) is 38.2 Å². The number of aliphatic carboxylic acids is 1. The molecule has 0 aliphatic rings. The Balaban J connectivity index is 4.45. The molecule has 0 amide bonds. The van der Waals surface area contributed by atoms with Gasteiger partial charge in [-0.2, -0.15) is 0 Å². The highest BCUT2D eigenvalue weighted by atomic mass is 16.6. The van der Waals surface area contributed by atoms with E-state index in [9.17, 15) is 19.5 Å². The van der Waals surface area contributed by atoms with Crippen LogP contribution in [0.2, 0.25) is 0 Å². The first-order chi connectivity index (χ1) is 22.6. The summed E-state index contributed by atoms with van der Waals surface area (Å²) in [5, 5.41) is 9.56. The molecule has 0 aliphatic heterocycles. The minimum atomic E-state index is -0.882. The molecule has 274 valence electrons. The van der Waals surface area contributed by atoms with Gasteiger partial charge in [-0.25, -0.2) is 4.79 Å². The number of allylic oxidation sites excluding steroid dienone is 4. The number of carbonyl (C=O) groups excluding carboxylic acids is 2. The molecule has 47 heavy (non-hydrogen) atoms. The highest BCUT2D eigenvalue weighted by Crippen LogP contribution is 2.12. The summed E-state index contributed by atoms with van der Waals surface area (Å²) < 4.78 is 17.1. The minimum Gasteiger partial charge on any atom is -0.477 e. The first-order valence-electron chi connectivity index (χ1n) is 18.9. The van der Waals surface area contributed by atoms with E-state index in [1.54, 1.807) is 0 Å². The molecule has 0 aromatic rings. The average molecular weight is 667 g/mol. The maximum atomic E-state index is 12.6. The van der Waals surface area contributed by atoms with Gasteiger partial charge in [0.2, 0.25) is 0 Å². The number of ether oxygens (including phenoxy) is 3. The molecule has 0 aliphatic carbocycles. The van der Waals surface area contributed by atoms with E-state index < -0.39 is 18.1 Å². The minimum absolute atomic E-state index is 0.0470. The highest BCUT2D eigenvalue weighted by molar-refractivity contribution is 5.72. The molecule has 0 aromatic heterocycles. The first kappa shape index (κ1) is 44.8. The van der Waals surface area contributed by atoms with E-state index >= 15 is 0 Å². The lowest BCUT2D eigenvalue weighted by molar-refractivity contribution is -0.887. The number of esters is 2. The van der Waals surface area contributed by atoms with Gasteiger partial charge in [-0.1, -0.05) is 102 Å². The van der Waals surface area contributed by atoms with Crippen LogP contribution in [0.4, 0.5) is 0 Å². The lowest BCUT2D eigenvalue weighted by atomic mass is 10.1. The second kappa shape index (κ2) is 31.1. The summed E-state index contributed by atoms with van der Waals surface area (Å²) in [4.78, 5) is 36.6. The lowest BCUT2D eigenvalue weighted by Gasteiger charge is -2.31. The van der Waals surface area contributed by atoms with Crippen LogP contribution < -0.4 is 0 Å². The van der Waals surface area contributed by atoms with Gasteiger partial charge >= 0.3 is 17.9 Å². The third-order valence-electron chi connectivity index (χ3n) is 8.32. The largest absolute Gasteiger partial charge is 0.477 e. The summed E-state index contributed by atoms with van der Waals surface area (Å²) in [6, 6.07) is -0.617. The van der Waals surface area contributed by atoms with Crippen LogP contribution in [0.3, 0.4) is 0 Å². The summed E-state index contributed by atoms with van der Waals surface area (Å²) in [6.45, 7) is 4.63. The van der Waals surface area contributed by atoms with Crippen molar-refractivity contribution in [1.29, 1.82) is 0 Å². The van der Waals surface area contributed by atoms with Crippen molar-refractivity contribution in [2.75, 3.05) is 41.0 Å². The summed E-state index contributed by atoms with van der Waals surface area (Å²) in [6.07, 6.45) is 30.9. The van der Waals surface area contributed by atoms with Crippen LogP contribution in [-0.2, 0) is 28.6 Å². The molecule has 8 heteroatoms. The van der Waals surface area contributed by atoms with Crippen molar-refractivity contribution in [2.24, 2.45) is 0 Å². The molecule has 8 nitrogen and oxygen atoms in total. The fourth-order valence-corrected chi connectivity index (χ4v) is 5.32. The van der Waals surface area contributed by atoms with Crippen LogP contribution in [0, 0.1) is 0 Å². The number of carboxylic acids is 1. The van der Waals surface area contributed by atoms with Crippen molar-refractivity contribution in [2.45, 2.75) is 167 Å². The number of rotatable bonds is 33. The van der Waals surface area contributed by atoms with Crippen LogP contribution in [0.25, 0.3) is 0 Å². The lowest BCUT2D eigenvalue weighted by Crippen LogP contribution is -2.50. The zero-order valence-corrected chi connectivity index (χ0v) is 31.0. The molecule has 0 bridgehead atoms. The molecule has 2 atom stereocenters. The smallest absolute Gasteiger partial charge is 0.362 e. The Morgan fingerprint density at radius 2 is 1.09 bits per heavy atom. The maximum absolute atomic E-state index is 12.6. The van der Waals surface area contributed by atoms with Crippen molar-refractivity contribution in [3.8, 4) is 0 Å². The second-order valence-corrected chi connectivity index (χ2v) is 13.8. The van der Waals surface area contributed by atoms with Gasteiger partial charge in [0, 0.05) is 19.3 Å². The fraction of sp³-hybridized carbons (Fsp3) is 0.821. The van der Waals surface area contributed by atoms with Crippen LogP contribution in [0.5, 0.6) is 0 Å². The Morgan fingerprint density at radius 1 is 0.617 bits per heavy atom. The number of carboxylic acid groups (broad SMARTS) is 1. The maximum Gasteiger partial charge on any atom is 0.362 e. The zero-order chi connectivity index (χ0) is 35.0. The van der Waals surface area contributed by atoms with Gasteiger partial charge < -0.3 is 23.8 Å². The quantitative estimate of drug-likeness (QED) is 0.0322. The van der Waals surface area contributed by atoms with Gasteiger partial charge in [-0.3, -0.25) is 9.59 Å². The van der Waals surface area contributed by atoms with Crippen LogP contribution in [-0.4, -0.2) is 80.6 Å². The van der Waals surface area contributed by atoms with Crippen molar-refractivity contribution in [3.63, 3.8) is 0 Å². The number of hydrogen-bond acceptors (Lipinski definition) is 6. The third-order valence-corrected chi connectivity index (χ3v) is 8.32. The molecular weight excluding hydrogens is 594 g/mol. The number of nitrogens with zero attached hydrogens (tertiary/aromatic N) is 1. The van der Waals surface area contributed by atoms with Crippen molar-refractivity contribution >= 4 is 17.9 Å². The number of unbranched alkanes of at least 4 members (excludes halogenated alkanes) is 15. The summed E-state index contributed by atoms with van der Waals surface area (Å²) >= 11 is 0. The normalized spacial score (nSPS) is 13.3. The molecule has 0 radical (unpaired) electrons. The first-order valence-corrected chi connectivity index (χ1v) is 18.9. The van der Waals surface area contributed by atoms with E-state index in [4.69, 9.17) is 14.2 Å². The molecule has 0 saturated heterocycles. The van der Waals surface area contributed by atoms with E-state index in [1.807, 2.05) is 21.1 Å². The van der Waals surface area contributed by atoms with Crippen LogP contribution in [0.15, 0.2) is 24.3 Å². The number of likely N-dealkylation sites (N-methyl/N-ethyl adjacent to an activating group) is 1. The van der Waals surface area contributed by atoms with Gasteiger partial charge in [0.25, 0.3) is 0 Å². The Labute approximate surface area is 288 Å². The SMILES string of the molecule is CCCCCC/C=C/CCCC(=O)OC(COCCC(C(=O)O)[N+](C)(C)C)COC(=O)CCCCC/C=C/CCCCCCCCC. The van der Waals surface area contributed by atoms with E-state index in [1.165, 1.54) is 70.6 Å². The molecular formula is C39H72NO7+. The van der Waals surface area contributed by atoms with E-state index in [-0.39, 0.29) is 42.7 Å². The predicted molar refractivity (Wildman–Crippen MR) is 192 cm³/mol. The second-order valence-electron chi connectivity index (χ2n) is 13.8. The standard InChI is InChI=1S/C39H71NO7/c1-6-8-10-12-14-16-17-18-19-20-22-23-25-27-29-37(41)46-34-35(33-45-32-31-36(39(43)44)40(3,4)5)47-38(42)30-28-26-24-21-15-13-11-9-7-2/h19-21,24,35-36H,6-18,22-23,25-34H2,1-5H3/p+1/b20-19+,24-21+. The molecule has 0 heterocycles. The summed E-state index contributed by atoms with van der Waals surface area (Å²) in [5.74, 6) is -1.53. The van der Waals surface area contributed by atoms with Gasteiger partial charge in [-0.05, 0) is 57.8 Å². The monoisotopic (exact) mass is 667 g/mol. The Morgan fingerprint density at radius 3 is 1.62 bits per heavy atom. The van der Waals surface area contributed by atoms with Gasteiger partial charge in [0.05, 0.1) is 34.4 Å². The van der Waals surface area contributed by atoms with Crippen molar-refractivity contribution in [3.05, 3.63) is 24.3 Å². The van der Waals surface area contributed by atoms with Crippen molar-refractivity contribution < 1.29 is 38.2 Å².